The number of urea groups is 1. The number of aliphatic hydroxyl groups is 1. The van der Waals surface area contributed by atoms with Crippen LogP contribution in [-0.4, -0.2) is 36.2 Å². The van der Waals surface area contributed by atoms with Gasteiger partial charge in [0.1, 0.15) is 0 Å². The van der Waals surface area contributed by atoms with E-state index < -0.39 is 18.0 Å². The maximum Gasteiger partial charge on any atom is 0.318 e. The van der Waals surface area contributed by atoms with Crippen molar-refractivity contribution in [2.45, 2.75) is 18.9 Å². The first kappa shape index (κ1) is 10.9. The van der Waals surface area contributed by atoms with Crippen molar-refractivity contribution in [3.05, 3.63) is 0 Å². The predicted octanol–water partition coefficient (Wildman–Crippen LogP) is -1.46. The van der Waals surface area contributed by atoms with Crippen molar-refractivity contribution in [2.24, 2.45) is 11.7 Å². The Labute approximate surface area is 81.8 Å². The Bertz CT molecular complexity index is 228. The molecule has 80 valence electrons. The standard InChI is InChI=1S/C8H15N3O3/c9-8(14)11-7(13)4-10-3-6(12)5-1-2-5/h5-6,10,12H,1-4H2,(H3,9,11,13,14). The number of aliphatic hydroxyl groups excluding tert-OH is 1. The number of nitrogens with one attached hydrogen (secondary N) is 2. The van der Waals surface area contributed by atoms with Crippen molar-refractivity contribution >= 4 is 11.9 Å². The average Bonchev–Trinajstić information content (AvgIpc) is 2.84. The smallest absolute Gasteiger partial charge is 0.318 e. The maximum atomic E-state index is 10.9. The minimum absolute atomic E-state index is 0.00722. The summed E-state index contributed by atoms with van der Waals surface area (Å²) in [6, 6.07) is -0.862. The molecule has 1 fully saturated rings. The van der Waals surface area contributed by atoms with Crippen LogP contribution in [0.3, 0.4) is 0 Å². The van der Waals surface area contributed by atoms with Crippen LogP contribution in [0.15, 0.2) is 0 Å². The summed E-state index contributed by atoms with van der Waals surface area (Å²) in [4.78, 5) is 21.1. The van der Waals surface area contributed by atoms with Crippen LogP contribution in [-0.2, 0) is 4.79 Å². The molecule has 1 saturated carbocycles. The molecule has 1 unspecified atom stereocenters. The van der Waals surface area contributed by atoms with Crippen molar-refractivity contribution in [1.29, 1.82) is 0 Å². The molecular formula is C8H15N3O3. The highest BCUT2D eigenvalue weighted by atomic mass is 16.3. The van der Waals surface area contributed by atoms with Crippen LogP contribution in [0.1, 0.15) is 12.8 Å². The second-order valence-electron chi connectivity index (χ2n) is 3.45. The molecule has 3 amide bonds. The van der Waals surface area contributed by atoms with E-state index in [4.69, 9.17) is 5.73 Å². The van der Waals surface area contributed by atoms with E-state index in [1.807, 2.05) is 5.32 Å². The van der Waals surface area contributed by atoms with Gasteiger partial charge in [0.05, 0.1) is 12.6 Å². The Kier molecular flexibility index (Phi) is 3.84. The lowest BCUT2D eigenvalue weighted by Gasteiger charge is -2.09. The van der Waals surface area contributed by atoms with Gasteiger partial charge < -0.3 is 16.2 Å². The lowest BCUT2D eigenvalue weighted by atomic mass is 10.2. The van der Waals surface area contributed by atoms with Gasteiger partial charge in [-0.3, -0.25) is 10.1 Å². The van der Waals surface area contributed by atoms with Gasteiger partial charge in [-0.1, -0.05) is 0 Å². The Morgan fingerprint density at radius 2 is 2.14 bits per heavy atom. The molecule has 0 aliphatic heterocycles. The zero-order chi connectivity index (χ0) is 10.6. The van der Waals surface area contributed by atoms with Gasteiger partial charge in [-0.25, -0.2) is 4.79 Å². The minimum Gasteiger partial charge on any atom is -0.392 e. The molecule has 1 aliphatic carbocycles. The van der Waals surface area contributed by atoms with Crippen LogP contribution in [0.2, 0.25) is 0 Å². The molecule has 0 spiro atoms. The molecule has 6 nitrogen and oxygen atoms in total. The summed E-state index contributed by atoms with van der Waals surface area (Å²) >= 11 is 0. The molecule has 1 atom stereocenters. The van der Waals surface area contributed by atoms with Crippen molar-refractivity contribution in [2.75, 3.05) is 13.1 Å². The lowest BCUT2D eigenvalue weighted by molar-refractivity contribution is -0.119. The van der Waals surface area contributed by atoms with Crippen LogP contribution in [0.4, 0.5) is 4.79 Å². The van der Waals surface area contributed by atoms with Crippen molar-refractivity contribution in [1.82, 2.24) is 10.6 Å². The molecule has 6 heteroatoms. The molecule has 1 aliphatic rings. The maximum absolute atomic E-state index is 10.9. The Morgan fingerprint density at radius 1 is 1.50 bits per heavy atom. The van der Waals surface area contributed by atoms with E-state index in [-0.39, 0.29) is 6.54 Å². The van der Waals surface area contributed by atoms with Crippen LogP contribution in [0, 0.1) is 5.92 Å². The van der Waals surface area contributed by atoms with Gasteiger partial charge in [-0.05, 0) is 18.8 Å². The summed E-state index contributed by atoms with van der Waals surface area (Å²) in [7, 11) is 0. The Morgan fingerprint density at radius 3 is 2.64 bits per heavy atom. The number of hydrogen-bond donors (Lipinski definition) is 4. The van der Waals surface area contributed by atoms with Crippen LogP contribution in [0.5, 0.6) is 0 Å². The third kappa shape index (κ3) is 4.20. The van der Waals surface area contributed by atoms with Gasteiger partial charge in [0.25, 0.3) is 0 Å². The topological polar surface area (TPSA) is 104 Å². The summed E-state index contributed by atoms with van der Waals surface area (Å²) in [6.07, 6.45) is 1.71. The summed E-state index contributed by atoms with van der Waals surface area (Å²) in [5.41, 5.74) is 4.74. The van der Waals surface area contributed by atoms with Crippen LogP contribution in [0.25, 0.3) is 0 Å². The van der Waals surface area contributed by atoms with Crippen molar-refractivity contribution in [3.63, 3.8) is 0 Å². The number of imide groups is 1. The molecule has 0 aromatic carbocycles. The van der Waals surface area contributed by atoms with Crippen molar-refractivity contribution < 1.29 is 14.7 Å². The average molecular weight is 201 g/mol. The molecule has 0 aromatic heterocycles. The lowest BCUT2D eigenvalue weighted by Crippen LogP contribution is -2.42. The molecule has 0 radical (unpaired) electrons. The third-order valence-corrected chi connectivity index (χ3v) is 2.07. The number of carbonyl (C=O) groups excluding carboxylic acids is 2. The third-order valence-electron chi connectivity index (χ3n) is 2.07. The highest BCUT2D eigenvalue weighted by Crippen LogP contribution is 2.32. The molecule has 5 N–H and O–H groups in total. The normalized spacial score (nSPS) is 17.5. The molecule has 0 aromatic rings. The highest BCUT2D eigenvalue weighted by molar-refractivity contribution is 5.94. The SMILES string of the molecule is NC(=O)NC(=O)CNCC(O)C1CC1. The van der Waals surface area contributed by atoms with Gasteiger partial charge in [-0.2, -0.15) is 0 Å². The van der Waals surface area contributed by atoms with E-state index in [2.05, 4.69) is 5.32 Å². The molecule has 0 heterocycles. The molecule has 14 heavy (non-hydrogen) atoms. The number of primary amides is 1. The highest BCUT2D eigenvalue weighted by Gasteiger charge is 2.29. The van der Waals surface area contributed by atoms with Crippen molar-refractivity contribution in [3.8, 4) is 0 Å². The molecule has 1 rings (SSSR count). The van der Waals surface area contributed by atoms with E-state index in [9.17, 15) is 14.7 Å². The molecule has 0 saturated heterocycles. The Hall–Kier alpha value is -1.14. The monoisotopic (exact) mass is 201 g/mol. The first-order chi connectivity index (χ1) is 6.59. The number of hydrogen-bond acceptors (Lipinski definition) is 4. The molecule has 0 bridgehead atoms. The minimum atomic E-state index is -0.862. The zero-order valence-electron chi connectivity index (χ0n) is 7.82. The van der Waals surface area contributed by atoms with E-state index >= 15 is 0 Å². The second-order valence-corrected chi connectivity index (χ2v) is 3.45. The van der Waals surface area contributed by atoms with Gasteiger partial charge in [0.15, 0.2) is 0 Å². The number of rotatable bonds is 5. The van der Waals surface area contributed by atoms with Gasteiger partial charge >= 0.3 is 6.03 Å². The van der Waals surface area contributed by atoms with E-state index in [0.717, 1.165) is 12.8 Å². The fourth-order valence-corrected chi connectivity index (χ4v) is 1.16. The fraction of sp³-hybridized carbons (Fsp3) is 0.750. The van der Waals surface area contributed by atoms with Gasteiger partial charge in [0, 0.05) is 6.54 Å². The number of nitrogens with two attached hydrogens (primary N) is 1. The largest absolute Gasteiger partial charge is 0.392 e. The molecular weight excluding hydrogens is 186 g/mol. The second kappa shape index (κ2) is 4.92. The summed E-state index contributed by atoms with van der Waals surface area (Å²) < 4.78 is 0. The van der Waals surface area contributed by atoms with E-state index in [0.29, 0.717) is 12.5 Å². The first-order valence-corrected chi connectivity index (χ1v) is 4.57. The van der Waals surface area contributed by atoms with E-state index in [1.54, 1.807) is 0 Å². The summed E-state index contributed by atoms with van der Waals surface area (Å²) in [5, 5.41) is 14.1. The summed E-state index contributed by atoms with van der Waals surface area (Å²) in [6.45, 7) is 0.365. The Balaban J connectivity index is 2.02. The number of carbonyl (C=O) groups is 2. The van der Waals surface area contributed by atoms with Gasteiger partial charge in [-0.15, -0.1) is 0 Å². The predicted molar refractivity (Wildman–Crippen MR) is 49.3 cm³/mol. The van der Waals surface area contributed by atoms with Crippen LogP contribution >= 0.6 is 0 Å². The fourth-order valence-electron chi connectivity index (χ4n) is 1.16. The van der Waals surface area contributed by atoms with Gasteiger partial charge in [0.2, 0.25) is 5.91 Å². The van der Waals surface area contributed by atoms with Crippen LogP contribution < -0.4 is 16.4 Å². The summed E-state index contributed by atoms with van der Waals surface area (Å²) in [5.74, 6) is -0.109. The quantitative estimate of drug-likeness (QED) is 0.436. The van der Waals surface area contributed by atoms with E-state index in [1.165, 1.54) is 0 Å². The number of amides is 3. The zero-order valence-corrected chi connectivity index (χ0v) is 7.82. The first-order valence-electron chi connectivity index (χ1n) is 4.57.